The summed E-state index contributed by atoms with van der Waals surface area (Å²) in [6.07, 6.45) is 3.37. The zero-order valence-corrected chi connectivity index (χ0v) is 16.4. The van der Waals surface area contributed by atoms with Crippen molar-refractivity contribution in [3.05, 3.63) is 39.6 Å². The summed E-state index contributed by atoms with van der Waals surface area (Å²) in [7, 11) is 0. The number of rotatable bonds is 4. The Kier molecular flexibility index (Phi) is 5.76. The van der Waals surface area contributed by atoms with Crippen molar-refractivity contribution in [1.29, 1.82) is 0 Å². The molecule has 0 spiro atoms. The average molecular weight is 411 g/mol. The molecule has 4 rings (SSSR count). The summed E-state index contributed by atoms with van der Waals surface area (Å²) in [4.78, 5) is 33.5. The average Bonchev–Trinajstić information content (AvgIpc) is 3.36. The van der Waals surface area contributed by atoms with Crippen LogP contribution in [0.1, 0.15) is 12.8 Å². The number of thiophene rings is 2. The third kappa shape index (κ3) is 3.29. The zero-order valence-electron chi connectivity index (χ0n) is 14.0. The molecule has 138 valence electrons. The molecule has 0 radical (unpaired) electrons. The minimum Gasteiger partial charge on any atom is -0.337 e. The van der Waals surface area contributed by atoms with Gasteiger partial charge in [0.15, 0.2) is 0 Å². The Balaban J connectivity index is 0.00000196. The minimum atomic E-state index is -0.161. The summed E-state index contributed by atoms with van der Waals surface area (Å²) in [6.45, 7) is 1.19. The van der Waals surface area contributed by atoms with Crippen LogP contribution in [0.2, 0.25) is 0 Å². The van der Waals surface area contributed by atoms with Crippen LogP contribution in [0.5, 0.6) is 0 Å². The van der Waals surface area contributed by atoms with Crippen LogP contribution in [0.3, 0.4) is 0 Å². The number of carbonyl (C=O) groups is 1. The number of hydrogen-bond donors (Lipinski definition) is 1. The summed E-state index contributed by atoms with van der Waals surface area (Å²) in [6, 6.07) is 4.04. The molecule has 0 aromatic carbocycles. The lowest BCUT2D eigenvalue weighted by molar-refractivity contribution is -0.132. The fraction of sp³-hybridized carbons (Fsp3) is 0.353. The van der Waals surface area contributed by atoms with Gasteiger partial charge in [0.1, 0.15) is 11.4 Å². The monoisotopic (exact) mass is 410 g/mol. The van der Waals surface area contributed by atoms with Gasteiger partial charge in [0.05, 0.1) is 11.7 Å². The van der Waals surface area contributed by atoms with E-state index in [0.29, 0.717) is 23.3 Å². The number of halogens is 1. The summed E-state index contributed by atoms with van der Waals surface area (Å²) < 4.78 is 1.42. The second-order valence-corrected chi connectivity index (χ2v) is 7.91. The number of nitrogens with two attached hydrogens (primary N) is 1. The van der Waals surface area contributed by atoms with E-state index in [1.807, 2.05) is 22.9 Å². The van der Waals surface area contributed by atoms with E-state index >= 15 is 0 Å². The third-order valence-electron chi connectivity index (χ3n) is 4.62. The largest absolute Gasteiger partial charge is 0.337 e. The van der Waals surface area contributed by atoms with Crippen LogP contribution < -0.4 is 11.3 Å². The molecule has 3 aromatic rings. The highest BCUT2D eigenvalue weighted by Gasteiger charge is 2.28. The molecule has 9 heteroatoms. The van der Waals surface area contributed by atoms with Crippen molar-refractivity contribution in [2.75, 3.05) is 13.1 Å². The fourth-order valence-electron chi connectivity index (χ4n) is 3.34. The Hall–Kier alpha value is -1.74. The van der Waals surface area contributed by atoms with Crippen molar-refractivity contribution >= 4 is 51.2 Å². The van der Waals surface area contributed by atoms with E-state index in [0.717, 1.165) is 23.3 Å². The number of nitrogens with zero attached hydrogens (tertiary/aromatic N) is 3. The molecule has 2 N–H and O–H groups in total. The Morgan fingerprint density at radius 1 is 1.38 bits per heavy atom. The predicted octanol–water partition coefficient (Wildman–Crippen LogP) is 2.56. The van der Waals surface area contributed by atoms with Gasteiger partial charge in [0.25, 0.3) is 5.56 Å². The Morgan fingerprint density at radius 3 is 2.96 bits per heavy atom. The molecule has 3 aromatic heterocycles. The molecule has 0 bridgehead atoms. The van der Waals surface area contributed by atoms with Gasteiger partial charge in [-0.2, -0.15) is 0 Å². The van der Waals surface area contributed by atoms with Crippen molar-refractivity contribution in [3.8, 4) is 10.4 Å². The molecule has 26 heavy (non-hydrogen) atoms. The van der Waals surface area contributed by atoms with E-state index in [4.69, 9.17) is 5.73 Å². The smallest absolute Gasteiger partial charge is 0.263 e. The van der Waals surface area contributed by atoms with Gasteiger partial charge >= 0.3 is 0 Å². The third-order valence-corrected chi connectivity index (χ3v) is 6.41. The van der Waals surface area contributed by atoms with Crippen molar-refractivity contribution in [2.45, 2.75) is 25.4 Å². The van der Waals surface area contributed by atoms with Gasteiger partial charge in [-0.3, -0.25) is 14.2 Å². The zero-order chi connectivity index (χ0) is 17.4. The maximum atomic E-state index is 12.9. The molecule has 1 aliphatic rings. The van der Waals surface area contributed by atoms with E-state index in [9.17, 15) is 9.59 Å². The SMILES string of the molecule is Cl.NCC1CCCN1C(=O)Cn1cnc2scc(-c3cccs3)c2c1=O. The summed E-state index contributed by atoms with van der Waals surface area (Å²) in [5.41, 5.74) is 6.49. The number of hydrogen-bond acceptors (Lipinski definition) is 6. The van der Waals surface area contributed by atoms with Crippen LogP contribution in [0.4, 0.5) is 0 Å². The topological polar surface area (TPSA) is 81.2 Å². The molecular formula is C17H19ClN4O2S2. The molecular weight excluding hydrogens is 392 g/mol. The van der Waals surface area contributed by atoms with Gasteiger partial charge < -0.3 is 10.6 Å². The molecule has 4 heterocycles. The number of carbonyl (C=O) groups excluding carboxylic acids is 1. The first-order valence-corrected chi connectivity index (χ1v) is 9.95. The van der Waals surface area contributed by atoms with E-state index in [-0.39, 0.29) is 36.5 Å². The lowest BCUT2D eigenvalue weighted by atomic mass is 10.2. The Morgan fingerprint density at radius 2 is 2.23 bits per heavy atom. The molecule has 1 saturated heterocycles. The standard InChI is InChI=1S/C17H18N4O2S2.ClH/c18-7-11-3-1-5-21(11)14(22)8-20-10-19-16-15(17(20)23)12(9-25-16)13-4-2-6-24-13;/h2,4,6,9-11H,1,3,5,7-8,18H2;1H. The van der Waals surface area contributed by atoms with E-state index in [1.54, 1.807) is 16.2 Å². The summed E-state index contributed by atoms with van der Waals surface area (Å²) >= 11 is 3.04. The maximum absolute atomic E-state index is 12.9. The van der Waals surface area contributed by atoms with Crippen LogP contribution >= 0.6 is 35.1 Å². The first-order valence-electron chi connectivity index (χ1n) is 8.19. The van der Waals surface area contributed by atoms with Crippen molar-refractivity contribution in [3.63, 3.8) is 0 Å². The van der Waals surface area contributed by atoms with E-state index in [2.05, 4.69) is 4.98 Å². The minimum absolute atomic E-state index is 0. The fourth-order valence-corrected chi connectivity index (χ4v) is 5.06. The summed E-state index contributed by atoms with van der Waals surface area (Å²) in [5.74, 6) is -0.0656. The molecule has 0 aliphatic carbocycles. The Bertz CT molecular complexity index is 967. The van der Waals surface area contributed by atoms with Crippen LogP contribution in [0.15, 0.2) is 34.0 Å². The molecule has 1 unspecified atom stereocenters. The highest BCUT2D eigenvalue weighted by molar-refractivity contribution is 7.18. The van der Waals surface area contributed by atoms with E-state index in [1.165, 1.54) is 22.2 Å². The Labute approximate surface area is 164 Å². The number of fused-ring (bicyclic) bond motifs is 1. The lowest BCUT2D eigenvalue weighted by Gasteiger charge is -2.23. The molecule has 1 amide bonds. The molecule has 1 atom stereocenters. The second-order valence-electron chi connectivity index (χ2n) is 6.10. The second kappa shape index (κ2) is 7.87. The van der Waals surface area contributed by atoms with Gasteiger partial charge in [0.2, 0.25) is 5.91 Å². The quantitative estimate of drug-likeness (QED) is 0.716. The van der Waals surface area contributed by atoms with Gasteiger partial charge in [-0.15, -0.1) is 35.1 Å². The highest BCUT2D eigenvalue weighted by Crippen LogP contribution is 2.33. The first kappa shape index (κ1) is 19.0. The van der Waals surface area contributed by atoms with Crippen LogP contribution in [0, 0.1) is 0 Å². The van der Waals surface area contributed by atoms with Crippen molar-refractivity contribution in [2.24, 2.45) is 5.73 Å². The number of amides is 1. The van der Waals surface area contributed by atoms with Gasteiger partial charge in [-0.05, 0) is 24.3 Å². The van der Waals surface area contributed by atoms with Crippen LogP contribution in [-0.4, -0.2) is 39.5 Å². The van der Waals surface area contributed by atoms with Crippen LogP contribution in [-0.2, 0) is 11.3 Å². The van der Waals surface area contributed by atoms with Crippen molar-refractivity contribution in [1.82, 2.24) is 14.5 Å². The lowest BCUT2D eigenvalue weighted by Crippen LogP contribution is -2.42. The van der Waals surface area contributed by atoms with E-state index < -0.39 is 0 Å². The van der Waals surface area contributed by atoms with Crippen LogP contribution in [0.25, 0.3) is 20.7 Å². The van der Waals surface area contributed by atoms with Gasteiger partial charge in [-0.25, -0.2) is 4.98 Å². The number of likely N-dealkylation sites (tertiary alicyclic amines) is 1. The highest BCUT2D eigenvalue weighted by atomic mass is 35.5. The first-order chi connectivity index (χ1) is 12.2. The van der Waals surface area contributed by atoms with Gasteiger partial charge in [0, 0.05) is 35.0 Å². The molecule has 1 aliphatic heterocycles. The normalized spacial score (nSPS) is 16.8. The van der Waals surface area contributed by atoms with Gasteiger partial charge in [-0.1, -0.05) is 6.07 Å². The molecule has 0 saturated carbocycles. The maximum Gasteiger partial charge on any atom is 0.263 e. The number of aromatic nitrogens is 2. The molecule has 1 fully saturated rings. The summed E-state index contributed by atoms with van der Waals surface area (Å²) in [5, 5.41) is 4.54. The predicted molar refractivity (Wildman–Crippen MR) is 108 cm³/mol. The van der Waals surface area contributed by atoms with Crippen molar-refractivity contribution < 1.29 is 4.79 Å². The molecule has 6 nitrogen and oxygen atoms in total.